The average Bonchev–Trinajstić information content (AvgIpc) is 2.53. The number of aliphatic hydroxyl groups excluding tert-OH is 1. The van der Waals surface area contributed by atoms with Gasteiger partial charge in [0.05, 0.1) is 14.7 Å². The monoisotopic (exact) mass is 352 g/mol. The quantitative estimate of drug-likeness (QED) is 0.642. The Bertz CT molecular complexity index is 875. The van der Waals surface area contributed by atoms with Crippen molar-refractivity contribution in [3.8, 4) is 0 Å². The Morgan fingerprint density at radius 3 is 1.83 bits per heavy atom. The second kappa shape index (κ2) is 6.34. The minimum Gasteiger partial charge on any atom is -0.372 e. The Balaban J connectivity index is 2.68. The molecule has 0 aliphatic heterocycles. The third kappa shape index (κ3) is 3.09. The molecule has 24 heavy (non-hydrogen) atoms. The Morgan fingerprint density at radius 2 is 1.42 bits per heavy atom. The minimum absolute atomic E-state index is 0.298. The summed E-state index contributed by atoms with van der Waals surface area (Å²) in [5.41, 5.74) is -4.23. The van der Waals surface area contributed by atoms with Gasteiger partial charge in [0.15, 0.2) is 11.0 Å². The van der Waals surface area contributed by atoms with Crippen LogP contribution in [0.5, 0.6) is 0 Å². The van der Waals surface area contributed by atoms with E-state index in [1.165, 1.54) is 24.3 Å². The first-order valence-electron chi connectivity index (χ1n) is 6.56. The summed E-state index contributed by atoms with van der Waals surface area (Å²) in [6.07, 6.45) is 0. The van der Waals surface area contributed by atoms with Crippen LogP contribution in [0.1, 0.15) is 16.6 Å². The molecule has 0 saturated carbocycles. The number of aryl methyl sites for hydroxylation is 1. The fourth-order valence-electron chi connectivity index (χ4n) is 2.12. The van der Waals surface area contributed by atoms with Gasteiger partial charge in [0.1, 0.15) is 0 Å². The van der Waals surface area contributed by atoms with Crippen LogP contribution >= 0.6 is 0 Å². The number of aliphatic hydroxyl groups is 1. The number of hydrogen-bond donors (Lipinski definition) is 1. The van der Waals surface area contributed by atoms with Crippen molar-refractivity contribution in [2.75, 3.05) is 0 Å². The number of nitro groups is 2. The molecule has 0 aliphatic rings. The molecule has 1 N–H and O–H groups in total. The zero-order chi connectivity index (χ0) is 18.1. The van der Waals surface area contributed by atoms with Gasteiger partial charge in [-0.15, -0.1) is 0 Å². The Kier molecular flexibility index (Phi) is 4.62. The molecular formula is C14H12N2O7S. The third-order valence-corrected chi connectivity index (χ3v) is 5.10. The summed E-state index contributed by atoms with van der Waals surface area (Å²) in [5, 5.41) is 32.4. The van der Waals surface area contributed by atoms with Crippen molar-refractivity contribution < 1.29 is 23.4 Å². The van der Waals surface area contributed by atoms with Crippen LogP contribution < -0.4 is 0 Å². The summed E-state index contributed by atoms with van der Waals surface area (Å²) < 4.78 is 25.0. The molecule has 0 bridgehead atoms. The molecule has 9 nitrogen and oxygen atoms in total. The van der Waals surface area contributed by atoms with Crippen LogP contribution in [-0.2, 0) is 9.84 Å². The normalized spacial score (nSPS) is 12.6. The van der Waals surface area contributed by atoms with Gasteiger partial charge in [0.25, 0.3) is 11.4 Å². The lowest BCUT2D eigenvalue weighted by Crippen LogP contribution is -2.16. The summed E-state index contributed by atoms with van der Waals surface area (Å²) >= 11 is 0. The lowest BCUT2D eigenvalue weighted by Gasteiger charge is -2.13. The number of sulfone groups is 1. The minimum atomic E-state index is -4.47. The highest BCUT2D eigenvalue weighted by molar-refractivity contribution is 7.91. The second-order valence-corrected chi connectivity index (χ2v) is 6.94. The standard InChI is InChI=1S/C14H12N2O7S/c1-9-5-7-10(8-6-9)24(22,23)14(17)13-11(15(18)19)3-2-4-12(13)16(20)21/h2-8,14,17H,1H3. The zero-order valence-corrected chi connectivity index (χ0v) is 13.1. The molecule has 10 heteroatoms. The fourth-order valence-corrected chi connectivity index (χ4v) is 3.45. The van der Waals surface area contributed by atoms with Crippen LogP contribution in [0.4, 0.5) is 11.4 Å². The molecule has 0 spiro atoms. The molecule has 126 valence electrons. The molecule has 0 radical (unpaired) electrons. The highest BCUT2D eigenvalue weighted by atomic mass is 32.2. The summed E-state index contributed by atoms with van der Waals surface area (Å²) in [6, 6.07) is 8.24. The van der Waals surface area contributed by atoms with Gasteiger partial charge >= 0.3 is 0 Å². The van der Waals surface area contributed by atoms with E-state index in [0.29, 0.717) is 0 Å². The maximum atomic E-state index is 12.5. The van der Waals surface area contributed by atoms with E-state index >= 15 is 0 Å². The number of rotatable bonds is 5. The molecule has 2 rings (SSSR count). The van der Waals surface area contributed by atoms with Crippen molar-refractivity contribution in [3.05, 3.63) is 73.8 Å². The van der Waals surface area contributed by atoms with E-state index in [1.54, 1.807) is 6.92 Å². The SMILES string of the molecule is Cc1ccc(S(=O)(=O)C(O)c2c([N+](=O)[O-])cccc2[N+](=O)[O-])cc1. The molecule has 0 aromatic heterocycles. The lowest BCUT2D eigenvalue weighted by molar-refractivity contribution is -0.396. The van der Waals surface area contributed by atoms with Crippen LogP contribution in [0.2, 0.25) is 0 Å². The van der Waals surface area contributed by atoms with Gasteiger partial charge in [-0.25, -0.2) is 8.42 Å². The maximum Gasteiger partial charge on any atom is 0.283 e. The molecule has 1 unspecified atom stereocenters. The van der Waals surface area contributed by atoms with Crippen LogP contribution in [0.3, 0.4) is 0 Å². The van der Waals surface area contributed by atoms with Gasteiger partial charge < -0.3 is 5.11 Å². The molecule has 1 atom stereocenters. The lowest BCUT2D eigenvalue weighted by atomic mass is 10.1. The first-order chi connectivity index (χ1) is 11.2. The van der Waals surface area contributed by atoms with Crippen LogP contribution in [0, 0.1) is 27.2 Å². The highest BCUT2D eigenvalue weighted by Crippen LogP contribution is 2.38. The van der Waals surface area contributed by atoms with Crippen molar-refractivity contribution in [1.82, 2.24) is 0 Å². The number of hydrogen-bond acceptors (Lipinski definition) is 7. The topological polar surface area (TPSA) is 141 Å². The average molecular weight is 352 g/mol. The summed E-state index contributed by atoms with van der Waals surface area (Å²) in [7, 11) is -4.47. The molecule has 2 aromatic rings. The molecule has 0 fully saturated rings. The van der Waals surface area contributed by atoms with E-state index in [1.807, 2.05) is 0 Å². The molecule has 2 aromatic carbocycles. The van der Waals surface area contributed by atoms with E-state index in [9.17, 15) is 33.8 Å². The first kappa shape index (κ1) is 17.5. The Morgan fingerprint density at radius 1 is 0.958 bits per heavy atom. The van der Waals surface area contributed by atoms with Gasteiger partial charge in [0, 0.05) is 12.1 Å². The smallest absolute Gasteiger partial charge is 0.283 e. The predicted molar refractivity (Wildman–Crippen MR) is 83.1 cm³/mol. The predicted octanol–water partition coefficient (Wildman–Crippen LogP) is 2.28. The van der Waals surface area contributed by atoms with Crippen molar-refractivity contribution in [1.29, 1.82) is 0 Å². The van der Waals surface area contributed by atoms with Crippen molar-refractivity contribution >= 4 is 21.2 Å². The van der Waals surface area contributed by atoms with Crippen LogP contribution in [0.15, 0.2) is 47.4 Å². The molecule has 0 aliphatic carbocycles. The second-order valence-electron chi connectivity index (χ2n) is 4.93. The first-order valence-corrected chi connectivity index (χ1v) is 8.11. The van der Waals surface area contributed by atoms with Crippen LogP contribution in [0.25, 0.3) is 0 Å². The van der Waals surface area contributed by atoms with E-state index in [-0.39, 0.29) is 4.90 Å². The summed E-state index contributed by atoms with van der Waals surface area (Å²) in [4.78, 5) is 19.9. The van der Waals surface area contributed by atoms with Gasteiger partial charge in [-0.1, -0.05) is 17.7 Å². The van der Waals surface area contributed by atoms with Gasteiger partial charge in [-0.2, -0.15) is 0 Å². The van der Waals surface area contributed by atoms with Crippen molar-refractivity contribution in [3.63, 3.8) is 0 Å². The Labute approximate surface area is 136 Å². The van der Waals surface area contributed by atoms with Gasteiger partial charge in [0.2, 0.25) is 9.84 Å². The van der Waals surface area contributed by atoms with Crippen LogP contribution in [-0.4, -0.2) is 23.4 Å². The van der Waals surface area contributed by atoms with Gasteiger partial charge in [-0.05, 0) is 25.1 Å². The van der Waals surface area contributed by atoms with Crippen molar-refractivity contribution in [2.24, 2.45) is 0 Å². The highest BCUT2D eigenvalue weighted by Gasteiger charge is 2.38. The van der Waals surface area contributed by atoms with Gasteiger partial charge in [-0.3, -0.25) is 20.2 Å². The largest absolute Gasteiger partial charge is 0.372 e. The van der Waals surface area contributed by atoms with E-state index in [0.717, 1.165) is 23.8 Å². The molecular weight excluding hydrogens is 340 g/mol. The zero-order valence-electron chi connectivity index (χ0n) is 12.3. The van der Waals surface area contributed by atoms with E-state index in [2.05, 4.69) is 0 Å². The van der Waals surface area contributed by atoms with Crippen molar-refractivity contribution in [2.45, 2.75) is 17.3 Å². The molecule has 0 saturated heterocycles. The Hall–Kier alpha value is -2.85. The third-order valence-electron chi connectivity index (χ3n) is 3.34. The molecule has 0 heterocycles. The number of nitrogens with zero attached hydrogens (tertiary/aromatic N) is 2. The number of nitro benzene ring substituents is 2. The molecule has 0 amide bonds. The summed E-state index contributed by atoms with van der Waals surface area (Å²) in [5.74, 6) is 0. The van der Waals surface area contributed by atoms with E-state index < -0.39 is 42.1 Å². The number of benzene rings is 2. The maximum absolute atomic E-state index is 12.5. The summed E-state index contributed by atoms with van der Waals surface area (Å²) in [6.45, 7) is 1.72. The fraction of sp³-hybridized carbons (Fsp3) is 0.143. The van der Waals surface area contributed by atoms with E-state index in [4.69, 9.17) is 0 Å².